The van der Waals surface area contributed by atoms with Gasteiger partial charge in [0.05, 0.1) is 12.3 Å². The van der Waals surface area contributed by atoms with E-state index >= 15 is 0 Å². The molecule has 0 fully saturated rings. The second-order valence-electron chi connectivity index (χ2n) is 1.93. The van der Waals surface area contributed by atoms with E-state index in [1.807, 2.05) is 0 Å². The summed E-state index contributed by atoms with van der Waals surface area (Å²) in [6, 6.07) is 1.16. The normalized spacial score (nSPS) is 10.1. The zero-order chi connectivity index (χ0) is 8.43. The van der Waals surface area contributed by atoms with E-state index < -0.39 is 0 Å². The molecule has 1 rings (SSSR count). The minimum Gasteiger partial charge on any atom is -0.390 e. The van der Waals surface area contributed by atoms with Crippen LogP contribution in [-0.2, 0) is 6.61 Å². The Hall–Kier alpha value is -0.510. The first-order valence-corrected chi connectivity index (χ1v) is 3.59. The summed E-state index contributed by atoms with van der Waals surface area (Å²) in [5.74, 6) is 0. The number of hydrogen-bond acceptors (Lipinski definition) is 2. The molecule has 11 heavy (non-hydrogen) atoms. The lowest BCUT2D eigenvalue weighted by atomic mass is 10.3. The summed E-state index contributed by atoms with van der Waals surface area (Å²) in [5.41, 5.74) is -0.149. The standard InChI is InChI=1S/C6H5Cl2NO2/c7-5-1-4(11)6(8)3(2-10)9-5/h1,10H,2H2,(H,9,11). The highest BCUT2D eigenvalue weighted by molar-refractivity contribution is 6.32. The van der Waals surface area contributed by atoms with Crippen LogP contribution >= 0.6 is 23.2 Å². The molecular weight excluding hydrogens is 189 g/mol. The first-order valence-electron chi connectivity index (χ1n) is 2.83. The van der Waals surface area contributed by atoms with Crippen molar-refractivity contribution in [3.05, 3.63) is 32.2 Å². The maximum absolute atomic E-state index is 10.9. The largest absolute Gasteiger partial charge is 0.390 e. The van der Waals surface area contributed by atoms with Crippen molar-refractivity contribution in [3.63, 3.8) is 0 Å². The first kappa shape index (κ1) is 8.59. The van der Waals surface area contributed by atoms with E-state index in [1.54, 1.807) is 0 Å². The van der Waals surface area contributed by atoms with E-state index in [0.29, 0.717) is 0 Å². The van der Waals surface area contributed by atoms with Crippen molar-refractivity contribution in [2.45, 2.75) is 6.61 Å². The molecule has 0 amide bonds. The second-order valence-corrected chi connectivity index (χ2v) is 2.72. The van der Waals surface area contributed by atoms with Crippen molar-refractivity contribution in [1.29, 1.82) is 0 Å². The molecule has 1 aromatic heterocycles. The van der Waals surface area contributed by atoms with Crippen LogP contribution in [0, 0.1) is 0 Å². The maximum Gasteiger partial charge on any atom is 0.202 e. The smallest absolute Gasteiger partial charge is 0.202 e. The summed E-state index contributed by atoms with van der Waals surface area (Å²) < 4.78 is 0. The summed E-state index contributed by atoms with van der Waals surface area (Å²) in [4.78, 5) is 13.4. The summed E-state index contributed by atoms with van der Waals surface area (Å²) >= 11 is 11.0. The van der Waals surface area contributed by atoms with E-state index in [1.165, 1.54) is 0 Å². The number of hydrogen-bond donors (Lipinski definition) is 2. The molecule has 0 saturated carbocycles. The second kappa shape index (κ2) is 3.26. The Kier molecular flexibility index (Phi) is 2.54. The fourth-order valence-electron chi connectivity index (χ4n) is 0.671. The van der Waals surface area contributed by atoms with Crippen LogP contribution in [0.1, 0.15) is 5.69 Å². The van der Waals surface area contributed by atoms with Gasteiger partial charge in [0.15, 0.2) is 0 Å². The molecule has 1 heterocycles. The molecule has 0 bridgehead atoms. The lowest BCUT2D eigenvalue weighted by Gasteiger charge is -1.99. The fourth-order valence-corrected chi connectivity index (χ4v) is 1.05. The molecule has 0 aliphatic heterocycles. The Morgan fingerprint density at radius 2 is 2.18 bits per heavy atom. The number of aliphatic hydroxyl groups is 1. The van der Waals surface area contributed by atoms with Gasteiger partial charge < -0.3 is 10.1 Å². The minimum atomic E-state index is -0.389. The van der Waals surface area contributed by atoms with Crippen LogP contribution in [0.2, 0.25) is 10.2 Å². The summed E-state index contributed by atoms with van der Waals surface area (Å²) in [7, 11) is 0. The van der Waals surface area contributed by atoms with Crippen molar-refractivity contribution in [2.24, 2.45) is 0 Å². The van der Waals surface area contributed by atoms with Gasteiger partial charge in [-0.3, -0.25) is 4.79 Å². The average molecular weight is 194 g/mol. The zero-order valence-electron chi connectivity index (χ0n) is 5.40. The van der Waals surface area contributed by atoms with Gasteiger partial charge in [0.2, 0.25) is 5.43 Å². The Bertz CT molecular complexity index is 321. The molecule has 0 spiro atoms. The molecule has 0 aliphatic carbocycles. The average Bonchev–Trinajstić information content (AvgIpc) is 1.96. The van der Waals surface area contributed by atoms with Crippen molar-refractivity contribution in [3.8, 4) is 0 Å². The van der Waals surface area contributed by atoms with Crippen LogP contribution in [0.3, 0.4) is 0 Å². The van der Waals surface area contributed by atoms with Gasteiger partial charge in [-0.05, 0) is 0 Å². The molecule has 1 aromatic rings. The molecule has 2 N–H and O–H groups in total. The van der Waals surface area contributed by atoms with E-state index in [9.17, 15) is 4.79 Å². The summed E-state index contributed by atoms with van der Waals surface area (Å²) in [5, 5.41) is 8.81. The van der Waals surface area contributed by atoms with Gasteiger partial charge in [-0.25, -0.2) is 0 Å². The monoisotopic (exact) mass is 193 g/mol. The van der Waals surface area contributed by atoms with Gasteiger partial charge in [-0.1, -0.05) is 23.2 Å². The van der Waals surface area contributed by atoms with Crippen molar-refractivity contribution in [2.75, 3.05) is 0 Å². The Morgan fingerprint density at radius 1 is 1.55 bits per heavy atom. The number of rotatable bonds is 1. The minimum absolute atomic E-state index is 0.0168. The molecule has 0 aliphatic rings. The van der Waals surface area contributed by atoms with E-state index in [0.717, 1.165) is 6.07 Å². The van der Waals surface area contributed by atoms with Gasteiger partial charge in [-0.15, -0.1) is 0 Å². The molecule has 5 heteroatoms. The van der Waals surface area contributed by atoms with Gasteiger partial charge in [-0.2, -0.15) is 0 Å². The molecule has 0 atom stereocenters. The zero-order valence-corrected chi connectivity index (χ0v) is 6.91. The van der Waals surface area contributed by atoms with Crippen LogP contribution in [0.5, 0.6) is 0 Å². The highest BCUT2D eigenvalue weighted by Crippen LogP contribution is 2.11. The highest BCUT2D eigenvalue weighted by Gasteiger charge is 2.04. The Balaban J connectivity index is 3.36. The molecule has 60 valence electrons. The topological polar surface area (TPSA) is 53.1 Å². The van der Waals surface area contributed by atoms with Crippen molar-refractivity contribution < 1.29 is 5.11 Å². The van der Waals surface area contributed by atoms with E-state index in [2.05, 4.69) is 4.98 Å². The van der Waals surface area contributed by atoms with Crippen LogP contribution < -0.4 is 5.43 Å². The first-order chi connectivity index (χ1) is 5.15. The highest BCUT2D eigenvalue weighted by atomic mass is 35.5. The summed E-state index contributed by atoms with van der Waals surface area (Å²) in [6.07, 6.45) is 0. The van der Waals surface area contributed by atoms with E-state index in [-0.39, 0.29) is 27.9 Å². The summed E-state index contributed by atoms with van der Waals surface area (Å²) in [6.45, 7) is -0.325. The molecule has 3 nitrogen and oxygen atoms in total. The SMILES string of the molecule is O=c1cc(Cl)[nH]c(CO)c1Cl. The Morgan fingerprint density at radius 3 is 2.73 bits per heavy atom. The van der Waals surface area contributed by atoms with Gasteiger partial charge in [0.25, 0.3) is 0 Å². The molecule has 0 radical (unpaired) electrons. The van der Waals surface area contributed by atoms with Gasteiger partial charge in [0.1, 0.15) is 10.2 Å². The number of halogens is 2. The molecule has 0 aromatic carbocycles. The molecule has 0 saturated heterocycles. The van der Waals surface area contributed by atoms with Crippen LogP contribution in [0.4, 0.5) is 0 Å². The third-order valence-electron chi connectivity index (χ3n) is 1.17. The maximum atomic E-state index is 10.9. The third kappa shape index (κ3) is 1.74. The lowest BCUT2D eigenvalue weighted by Crippen LogP contribution is -2.05. The number of aliphatic hydroxyl groups excluding tert-OH is 1. The van der Waals surface area contributed by atoms with Gasteiger partial charge >= 0.3 is 0 Å². The van der Waals surface area contributed by atoms with Crippen LogP contribution in [0.15, 0.2) is 10.9 Å². The molecular formula is C6H5Cl2NO2. The van der Waals surface area contributed by atoms with Crippen LogP contribution in [0.25, 0.3) is 0 Å². The van der Waals surface area contributed by atoms with Crippen LogP contribution in [-0.4, -0.2) is 10.1 Å². The predicted molar refractivity (Wildman–Crippen MR) is 43.0 cm³/mol. The molecule has 0 unspecified atom stereocenters. The van der Waals surface area contributed by atoms with Crippen molar-refractivity contribution >= 4 is 23.2 Å². The number of H-pyrrole nitrogens is 1. The number of pyridine rings is 1. The van der Waals surface area contributed by atoms with Gasteiger partial charge in [0, 0.05) is 6.07 Å². The fraction of sp³-hybridized carbons (Fsp3) is 0.167. The third-order valence-corrected chi connectivity index (χ3v) is 1.79. The Labute approximate surface area is 72.6 Å². The lowest BCUT2D eigenvalue weighted by molar-refractivity contribution is 0.277. The number of nitrogens with one attached hydrogen (secondary N) is 1. The number of aromatic amines is 1. The number of aromatic nitrogens is 1. The predicted octanol–water partition coefficient (Wildman–Crippen LogP) is 1.17. The quantitative estimate of drug-likeness (QED) is 0.659. The van der Waals surface area contributed by atoms with Crippen molar-refractivity contribution in [1.82, 2.24) is 4.98 Å². The van der Waals surface area contributed by atoms with E-state index in [4.69, 9.17) is 28.3 Å².